The van der Waals surface area contributed by atoms with Crippen LogP contribution < -0.4 is 5.32 Å². The molecule has 0 unspecified atom stereocenters. The van der Waals surface area contributed by atoms with Gasteiger partial charge in [-0.15, -0.1) is 0 Å². The van der Waals surface area contributed by atoms with E-state index in [-0.39, 0.29) is 7.33 Å². The Hall–Kier alpha value is -0.530. The van der Waals surface area contributed by atoms with Gasteiger partial charge in [-0.2, -0.15) is 0 Å². The minimum absolute atomic E-state index is 0. The summed E-state index contributed by atoms with van der Waals surface area (Å²) in [6.45, 7) is 2.76. The summed E-state index contributed by atoms with van der Waals surface area (Å²) in [5.41, 5.74) is 0. The molecule has 13 heavy (non-hydrogen) atoms. The van der Waals surface area contributed by atoms with E-state index in [1.807, 2.05) is 6.92 Å². The third-order valence-corrected chi connectivity index (χ3v) is 2.83. The molecule has 1 aliphatic carbocycles. The highest BCUT2D eigenvalue weighted by molar-refractivity contribution is 5.78. The average Bonchev–Trinajstić information content (AvgIpc) is 2.03. The van der Waals surface area contributed by atoms with E-state index in [1.54, 1.807) is 0 Å². The number of amides is 1. The summed E-state index contributed by atoms with van der Waals surface area (Å²) in [6.07, 6.45) is 8.68. The highest BCUT2D eigenvalue weighted by Gasteiger charge is 2.17. The van der Waals surface area contributed by atoms with E-state index in [9.17, 15) is 4.79 Å². The van der Waals surface area contributed by atoms with Crippen molar-refractivity contribution in [2.45, 2.75) is 51.9 Å². The zero-order valence-electron chi connectivity index (χ0n) is 8.64. The van der Waals surface area contributed by atoms with E-state index in [4.69, 9.17) is 0 Å². The van der Waals surface area contributed by atoms with Crippen LogP contribution >= 0.6 is 0 Å². The van der Waals surface area contributed by atoms with E-state index in [0.717, 1.165) is 19.4 Å². The molecule has 0 saturated heterocycles. The Bertz CT molecular complexity index is 153. The number of carbonyl (C=O) groups excluding carboxylic acids is 1. The lowest BCUT2D eigenvalue weighted by molar-refractivity contribution is -0.125. The Morgan fingerprint density at radius 2 is 1.77 bits per heavy atom. The highest BCUT2D eigenvalue weighted by atomic mass is 16.1. The third kappa shape index (κ3) is 3.79. The summed E-state index contributed by atoms with van der Waals surface area (Å²) in [5, 5.41) is 2.92. The second-order valence-electron chi connectivity index (χ2n) is 3.94. The first-order chi connectivity index (χ1) is 6.34. The van der Waals surface area contributed by atoms with Gasteiger partial charge in [-0.1, -0.05) is 32.1 Å². The van der Waals surface area contributed by atoms with Crippen molar-refractivity contribution in [1.82, 2.24) is 5.32 Å². The van der Waals surface area contributed by atoms with Crippen LogP contribution in [0.3, 0.4) is 0 Å². The fourth-order valence-electron chi connectivity index (χ4n) is 2.04. The van der Waals surface area contributed by atoms with Gasteiger partial charge in [-0.25, -0.2) is 0 Å². The number of hydrogen-bond acceptors (Lipinski definition) is 1. The van der Waals surface area contributed by atoms with Gasteiger partial charge in [-0.05, 0) is 19.8 Å². The zero-order chi connectivity index (χ0) is 9.52. The number of nitrogens with one attached hydrogen (secondary N) is 1. The average molecular weight is 185 g/mol. The molecule has 0 bridgehead atoms. The molecule has 2 heteroatoms. The normalized spacial score (nSPS) is 20.4. The van der Waals surface area contributed by atoms with Gasteiger partial charge in [0.15, 0.2) is 0 Å². The van der Waals surface area contributed by atoms with E-state index < -0.39 is 0 Å². The Labute approximate surface area is 82.6 Å². The minimum Gasteiger partial charge on any atom is -0.356 e. The van der Waals surface area contributed by atoms with Crippen molar-refractivity contribution >= 4 is 5.91 Å². The Kier molecular flexibility index (Phi) is 4.87. The van der Waals surface area contributed by atoms with Crippen LogP contribution in [0.5, 0.6) is 0 Å². The molecule has 0 aromatic rings. The van der Waals surface area contributed by atoms with Crippen molar-refractivity contribution in [3.63, 3.8) is 0 Å². The lowest BCUT2D eigenvalue weighted by atomic mass is 9.90. The third-order valence-electron chi connectivity index (χ3n) is 2.83. The number of hydrogen-bond donors (Lipinski definition) is 1. The molecule has 1 aliphatic rings. The van der Waals surface area contributed by atoms with Crippen LogP contribution in [0.4, 0.5) is 0 Å². The quantitative estimate of drug-likeness (QED) is 0.704. The van der Waals surface area contributed by atoms with Crippen molar-refractivity contribution in [3.8, 4) is 0 Å². The zero-order valence-corrected chi connectivity index (χ0v) is 8.64. The first kappa shape index (κ1) is 10.6. The van der Waals surface area contributed by atoms with E-state index >= 15 is 0 Å². The highest BCUT2D eigenvalue weighted by Crippen LogP contribution is 2.22. The molecule has 0 atom stereocenters. The lowest BCUT2D eigenvalue weighted by Crippen LogP contribution is -2.30. The molecule has 0 spiro atoms. The molecule has 0 aromatic heterocycles. The van der Waals surface area contributed by atoms with E-state index in [1.165, 1.54) is 32.1 Å². The lowest BCUT2D eigenvalue weighted by Gasteiger charge is -2.18. The van der Waals surface area contributed by atoms with Crippen LogP contribution in [-0.2, 0) is 4.79 Å². The molecule has 78 valence electrons. The maximum Gasteiger partial charge on any atom is 0.223 e. The van der Waals surface area contributed by atoms with Gasteiger partial charge in [-0.3, -0.25) is 4.79 Å². The van der Waals surface area contributed by atoms with Gasteiger partial charge in [0.05, 0.1) is 0 Å². The topological polar surface area (TPSA) is 29.1 Å². The van der Waals surface area contributed by atoms with Gasteiger partial charge >= 0.3 is 0 Å². The maximum atomic E-state index is 11.6. The molecule has 0 heterocycles. The monoisotopic (exact) mass is 185 g/mol. The smallest absolute Gasteiger partial charge is 0.223 e. The van der Waals surface area contributed by atoms with Gasteiger partial charge in [0, 0.05) is 13.9 Å². The summed E-state index contributed by atoms with van der Waals surface area (Å²) < 4.78 is 0. The molecule has 0 aromatic carbocycles. The molecule has 1 saturated carbocycles. The fraction of sp³-hybridized carbons (Fsp3) is 0.909. The summed E-state index contributed by atoms with van der Waals surface area (Å²) in [7, 11) is 0. The van der Waals surface area contributed by atoms with Crippen LogP contribution in [0.15, 0.2) is 0 Å². The van der Waals surface area contributed by atoms with Crippen LogP contribution in [0.1, 0.15) is 53.3 Å². The predicted octanol–water partition coefficient (Wildman–Crippen LogP) is 2.73. The standard InChI is InChI=1S/C11H21NO.H2/c1-2-12-11(13)10-8-6-4-3-5-7-9-10;/h10H,2-9H2,1H3,(H,12,13);1H. The van der Waals surface area contributed by atoms with Crippen molar-refractivity contribution in [3.05, 3.63) is 0 Å². The molecule has 1 rings (SSSR count). The SMILES string of the molecule is CCNC(=O)C1CCCCCCC1.[HH]. The summed E-state index contributed by atoms with van der Waals surface area (Å²) in [5.74, 6) is 0.588. The van der Waals surface area contributed by atoms with Crippen molar-refractivity contribution in [2.75, 3.05) is 6.54 Å². The molecule has 0 aliphatic heterocycles. The van der Waals surface area contributed by atoms with Crippen LogP contribution in [0.2, 0.25) is 0 Å². The van der Waals surface area contributed by atoms with Gasteiger partial charge in [0.25, 0.3) is 0 Å². The molecular weight excluding hydrogens is 162 g/mol. The fourth-order valence-corrected chi connectivity index (χ4v) is 2.04. The summed E-state index contributed by atoms with van der Waals surface area (Å²) in [6, 6.07) is 0. The minimum atomic E-state index is 0. The van der Waals surface area contributed by atoms with Crippen molar-refractivity contribution in [1.29, 1.82) is 0 Å². The van der Waals surface area contributed by atoms with Crippen molar-refractivity contribution in [2.24, 2.45) is 5.92 Å². The largest absolute Gasteiger partial charge is 0.356 e. The van der Waals surface area contributed by atoms with Crippen LogP contribution in [-0.4, -0.2) is 12.5 Å². The first-order valence-corrected chi connectivity index (χ1v) is 5.62. The first-order valence-electron chi connectivity index (χ1n) is 5.62. The molecule has 1 N–H and O–H groups in total. The predicted molar refractivity (Wildman–Crippen MR) is 56.6 cm³/mol. The molecule has 0 radical (unpaired) electrons. The van der Waals surface area contributed by atoms with Gasteiger partial charge in [0.1, 0.15) is 0 Å². The van der Waals surface area contributed by atoms with E-state index in [0.29, 0.717) is 5.92 Å². The van der Waals surface area contributed by atoms with Crippen LogP contribution in [0.25, 0.3) is 0 Å². The van der Waals surface area contributed by atoms with Crippen molar-refractivity contribution < 1.29 is 6.22 Å². The second kappa shape index (κ2) is 6.01. The van der Waals surface area contributed by atoms with Crippen LogP contribution in [0, 0.1) is 5.92 Å². The molecule has 2 nitrogen and oxygen atoms in total. The number of carbonyl (C=O) groups is 1. The van der Waals surface area contributed by atoms with E-state index in [2.05, 4.69) is 5.32 Å². The molecule has 1 amide bonds. The molecule has 1 fully saturated rings. The number of rotatable bonds is 2. The Morgan fingerprint density at radius 1 is 1.23 bits per heavy atom. The summed E-state index contributed by atoms with van der Waals surface area (Å²) >= 11 is 0. The Morgan fingerprint density at radius 3 is 2.31 bits per heavy atom. The Balaban J connectivity index is 0.00000169. The van der Waals surface area contributed by atoms with Gasteiger partial charge in [0.2, 0.25) is 5.91 Å². The second-order valence-corrected chi connectivity index (χ2v) is 3.94. The maximum absolute atomic E-state index is 11.6. The van der Waals surface area contributed by atoms with Gasteiger partial charge < -0.3 is 5.32 Å². The molecular formula is C11H23NO. The summed E-state index contributed by atoms with van der Waals surface area (Å²) in [4.78, 5) is 11.6.